The number of nitrogens with one attached hydrogen (secondary N) is 1. The molecule has 0 spiro atoms. The summed E-state index contributed by atoms with van der Waals surface area (Å²) in [4.78, 5) is 4.55. The van der Waals surface area contributed by atoms with Crippen molar-refractivity contribution in [2.75, 3.05) is 5.43 Å². The monoisotopic (exact) mass is 351 g/mol. The van der Waals surface area contributed by atoms with Gasteiger partial charge in [-0.2, -0.15) is 5.10 Å². The van der Waals surface area contributed by atoms with Crippen molar-refractivity contribution in [2.45, 2.75) is 26.6 Å². The molecule has 1 heterocycles. The predicted octanol–water partition coefficient (Wildman–Crippen LogP) is 5.18. The van der Waals surface area contributed by atoms with Gasteiger partial charge in [0.15, 0.2) is 0 Å². The van der Waals surface area contributed by atoms with Crippen LogP contribution in [-0.2, 0) is 11.3 Å². The fourth-order valence-electron chi connectivity index (χ4n) is 2.25. The van der Waals surface area contributed by atoms with Gasteiger partial charge in [0.1, 0.15) is 0 Å². The van der Waals surface area contributed by atoms with Crippen molar-refractivity contribution in [3.05, 3.63) is 71.1 Å². The molecule has 0 unspecified atom stereocenters. The van der Waals surface area contributed by atoms with Gasteiger partial charge in [-0.05, 0) is 31.0 Å². The molecule has 0 saturated carbocycles. The van der Waals surface area contributed by atoms with Gasteiger partial charge in [-0.25, -0.2) is 4.98 Å². The van der Waals surface area contributed by atoms with Crippen molar-refractivity contribution in [3.8, 4) is 11.3 Å². The number of hydrogen-bond acceptors (Lipinski definition) is 5. The number of hydrogen-bond donors (Lipinski definition) is 1. The molecule has 0 aliphatic rings. The minimum atomic E-state index is 0.225. The first-order valence-corrected chi connectivity index (χ1v) is 9.09. The lowest BCUT2D eigenvalue weighted by molar-refractivity contribution is 0.0657. The number of aromatic nitrogens is 1. The van der Waals surface area contributed by atoms with Gasteiger partial charge in [-0.3, -0.25) is 5.43 Å². The Balaban J connectivity index is 1.60. The molecule has 0 atom stereocenters. The van der Waals surface area contributed by atoms with E-state index in [1.54, 1.807) is 6.21 Å². The van der Waals surface area contributed by atoms with Crippen LogP contribution in [0.1, 0.15) is 25.0 Å². The molecule has 0 aliphatic heterocycles. The van der Waals surface area contributed by atoms with E-state index in [4.69, 9.17) is 4.74 Å². The molecule has 2 aromatic carbocycles. The highest BCUT2D eigenvalue weighted by molar-refractivity contribution is 7.14. The Labute approximate surface area is 152 Å². The van der Waals surface area contributed by atoms with Crippen LogP contribution in [0.4, 0.5) is 5.13 Å². The third-order valence-electron chi connectivity index (χ3n) is 3.48. The Morgan fingerprint density at radius 2 is 2.00 bits per heavy atom. The summed E-state index contributed by atoms with van der Waals surface area (Å²) in [6.07, 6.45) is 2.02. The van der Waals surface area contributed by atoms with E-state index < -0.39 is 0 Å². The second-order valence-corrected chi connectivity index (χ2v) is 6.74. The van der Waals surface area contributed by atoms with Gasteiger partial charge >= 0.3 is 0 Å². The van der Waals surface area contributed by atoms with Crippen LogP contribution in [0.3, 0.4) is 0 Å². The van der Waals surface area contributed by atoms with Crippen molar-refractivity contribution >= 4 is 22.7 Å². The smallest absolute Gasteiger partial charge is 0.203 e. The summed E-state index contributed by atoms with van der Waals surface area (Å²) < 4.78 is 5.63. The molecule has 5 heteroatoms. The number of rotatable bonds is 7. The molecule has 3 aromatic rings. The number of nitrogens with zero attached hydrogens (tertiary/aromatic N) is 2. The van der Waals surface area contributed by atoms with Crippen LogP contribution < -0.4 is 5.43 Å². The van der Waals surface area contributed by atoms with E-state index >= 15 is 0 Å². The van der Waals surface area contributed by atoms with Gasteiger partial charge in [0.25, 0.3) is 0 Å². The Morgan fingerprint density at radius 1 is 1.16 bits per heavy atom. The molecule has 4 nitrogen and oxygen atoms in total. The van der Waals surface area contributed by atoms with Crippen LogP contribution in [0, 0.1) is 0 Å². The third-order valence-corrected chi connectivity index (χ3v) is 4.23. The number of benzene rings is 2. The fraction of sp³-hybridized carbons (Fsp3) is 0.200. The normalized spacial score (nSPS) is 11.3. The molecular formula is C20H21N3OS. The minimum Gasteiger partial charge on any atom is -0.374 e. The summed E-state index contributed by atoms with van der Waals surface area (Å²) in [6, 6.07) is 18.3. The van der Waals surface area contributed by atoms with Crippen molar-refractivity contribution in [1.29, 1.82) is 0 Å². The van der Waals surface area contributed by atoms with Gasteiger partial charge in [0.05, 0.1) is 24.6 Å². The minimum absolute atomic E-state index is 0.225. The molecule has 0 aliphatic carbocycles. The van der Waals surface area contributed by atoms with Gasteiger partial charge < -0.3 is 4.74 Å². The highest BCUT2D eigenvalue weighted by Crippen LogP contribution is 2.24. The summed E-state index contributed by atoms with van der Waals surface area (Å²) in [5, 5.41) is 7.08. The maximum Gasteiger partial charge on any atom is 0.203 e. The largest absolute Gasteiger partial charge is 0.374 e. The zero-order valence-electron chi connectivity index (χ0n) is 14.3. The van der Waals surface area contributed by atoms with Crippen molar-refractivity contribution < 1.29 is 4.74 Å². The number of anilines is 1. The average Bonchev–Trinajstić information content (AvgIpc) is 3.10. The predicted molar refractivity (Wildman–Crippen MR) is 105 cm³/mol. The van der Waals surface area contributed by atoms with E-state index in [9.17, 15) is 0 Å². The molecule has 0 bridgehead atoms. The van der Waals surface area contributed by atoms with E-state index in [1.807, 2.05) is 61.7 Å². The number of hydrazone groups is 1. The Kier molecular flexibility index (Phi) is 5.93. The maximum absolute atomic E-state index is 5.63. The van der Waals surface area contributed by atoms with E-state index in [1.165, 1.54) is 11.3 Å². The van der Waals surface area contributed by atoms with Crippen LogP contribution in [0.5, 0.6) is 0 Å². The lowest BCUT2D eigenvalue weighted by Crippen LogP contribution is -2.02. The highest BCUT2D eigenvalue weighted by Gasteiger charge is 2.03. The topological polar surface area (TPSA) is 46.5 Å². The first kappa shape index (κ1) is 17.3. The molecule has 3 rings (SSSR count). The first-order valence-electron chi connectivity index (χ1n) is 8.21. The van der Waals surface area contributed by atoms with Gasteiger partial charge in [0.2, 0.25) is 5.13 Å². The van der Waals surface area contributed by atoms with E-state index in [0.717, 1.165) is 27.5 Å². The molecule has 128 valence electrons. The first-order chi connectivity index (χ1) is 12.2. The van der Waals surface area contributed by atoms with Crippen LogP contribution in [0.25, 0.3) is 11.3 Å². The lowest BCUT2D eigenvalue weighted by atomic mass is 10.1. The van der Waals surface area contributed by atoms with Crippen LogP contribution in [0.15, 0.2) is 65.1 Å². The molecule has 1 aromatic heterocycles. The highest BCUT2D eigenvalue weighted by atomic mass is 32.1. The van der Waals surface area contributed by atoms with Crippen molar-refractivity contribution in [3.63, 3.8) is 0 Å². The van der Waals surface area contributed by atoms with E-state index in [2.05, 4.69) is 27.6 Å². The lowest BCUT2D eigenvalue weighted by Gasteiger charge is -2.07. The average molecular weight is 351 g/mol. The second kappa shape index (κ2) is 8.55. The molecular weight excluding hydrogens is 330 g/mol. The maximum atomic E-state index is 5.63. The summed E-state index contributed by atoms with van der Waals surface area (Å²) in [5.41, 5.74) is 7.22. The molecule has 0 fully saturated rings. The standard InChI is InChI=1S/C20H21N3OS/c1-15(2)24-13-17-8-6-7-16(11-17)12-21-23-20-22-19(14-25-20)18-9-4-3-5-10-18/h3-12,14-15H,13H2,1-2H3,(H,22,23). The molecule has 25 heavy (non-hydrogen) atoms. The number of ether oxygens (including phenoxy) is 1. The Hall–Kier alpha value is -2.50. The van der Waals surface area contributed by atoms with E-state index in [0.29, 0.717) is 6.61 Å². The molecule has 0 amide bonds. The third kappa shape index (κ3) is 5.24. The summed E-state index contributed by atoms with van der Waals surface area (Å²) in [7, 11) is 0. The Morgan fingerprint density at radius 3 is 2.80 bits per heavy atom. The zero-order chi connectivity index (χ0) is 17.5. The van der Waals surface area contributed by atoms with Gasteiger partial charge in [-0.15, -0.1) is 11.3 Å². The molecule has 1 N–H and O–H groups in total. The number of thiazole rings is 1. The molecule has 0 radical (unpaired) electrons. The van der Waals surface area contributed by atoms with Crippen molar-refractivity contribution in [1.82, 2.24) is 4.98 Å². The zero-order valence-corrected chi connectivity index (χ0v) is 15.2. The summed E-state index contributed by atoms with van der Waals surface area (Å²) in [6.45, 7) is 4.68. The van der Waals surface area contributed by atoms with Crippen molar-refractivity contribution in [2.24, 2.45) is 5.10 Å². The summed E-state index contributed by atoms with van der Waals surface area (Å²) in [5.74, 6) is 0. The fourth-order valence-corrected chi connectivity index (χ4v) is 2.92. The second-order valence-electron chi connectivity index (χ2n) is 5.88. The van der Waals surface area contributed by atoms with Crippen LogP contribution in [0.2, 0.25) is 0 Å². The quantitative estimate of drug-likeness (QED) is 0.471. The van der Waals surface area contributed by atoms with Gasteiger partial charge in [0, 0.05) is 10.9 Å². The summed E-state index contributed by atoms with van der Waals surface area (Å²) >= 11 is 1.54. The van der Waals surface area contributed by atoms with E-state index in [-0.39, 0.29) is 6.10 Å². The Bertz CT molecular complexity index is 828. The van der Waals surface area contributed by atoms with Crippen LogP contribution in [-0.4, -0.2) is 17.3 Å². The van der Waals surface area contributed by atoms with Crippen LogP contribution >= 0.6 is 11.3 Å². The molecule has 0 saturated heterocycles. The van der Waals surface area contributed by atoms with Gasteiger partial charge in [-0.1, -0.05) is 48.5 Å². The SMILES string of the molecule is CC(C)OCc1cccc(C=NNc2nc(-c3ccccc3)cs2)c1.